The van der Waals surface area contributed by atoms with E-state index in [4.69, 9.17) is 0 Å². The molecule has 21 heavy (non-hydrogen) atoms. The third-order valence-corrected chi connectivity index (χ3v) is 3.90. The minimum Gasteiger partial charge on any atom is -0.207 e. The summed E-state index contributed by atoms with van der Waals surface area (Å²) >= 11 is 3.34. The van der Waals surface area contributed by atoms with Gasteiger partial charge in [-0.15, -0.1) is 10.2 Å². The van der Waals surface area contributed by atoms with Crippen molar-refractivity contribution in [2.24, 2.45) is 0 Å². The molecule has 0 amide bonds. The van der Waals surface area contributed by atoms with Gasteiger partial charge in [0.25, 0.3) is 0 Å². The SMILES string of the molecule is Cc1ccccc1-c1nnn(Cc2ccc(F)cc2Br)n1. The predicted molar refractivity (Wildman–Crippen MR) is 81.2 cm³/mol. The van der Waals surface area contributed by atoms with Crippen molar-refractivity contribution in [2.75, 3.05) is 0 Å². The van der Waals surface area contributed by atoms with Crippen molar-refractivity contribution in [1.82, 2.24) is 20.2 Å². The Morgan fingerprint density at radius 3 is 2.76 bits per heavy atom. The van der Waals surface area contributed by atoms with Crippen LogP contribution in [0.4, 0.5) is 4.39 Å². The normalized spacial score (nSPS) is 10.8. The maximum Gasteiger partial charge on any atom is 0.205 e. The molecule has 1 aromatic heterocycles. The molecule has 0 bridgehead atoms. The fourth-order valence-corrected chi connectivity index (χ4v) is 2.52. The van der Waals surface area contributed by atoms with Crippen molar-refractivity contribution in [3.63, 3.8) is 0 Å². The fourth-order valence-electron chi connectivity index (χ4n) is 2.04. The summed E-state index contributed by atoms with van der Waals surface area (Å²) in [4.78, 5) is 1.50. The maximum absolute atomic E-state index is 13.1. The Morgan fingerprint density at radius 2 is 2.00 bits per heavy atom. The number of halogens is 2. The molecule has 4 nitrogen and oxygen atoms in total. The van der Waals surface area contributed by atoms with Crippen LogP contribution in [0.15, 0.2) is 46.9 Å². The fraction of sp³-hybridized carbons (Fsp3) is 0.133. The Labute approximate surface area is 129 Å². The number of tetrazole rings is 1. The zero-order valence-corrected chi connectivity index (χ0v) is 12.9. The Balaban J connectivity index is 1.87. The molecule has 6 heteroatoms. The number of aromatic nitrogens is 4. The van der Waals surface area contributed by atoms with E-state index in [0.29, 0.717) is 16.8 Å². The molecule has 0 radical (unpaired) electrons. The molecule has 0 N–H and O–H groups in total. The first-order chi connectivity index (χ1) is 10.1. The second-order valence-electron chi connectivity index (χ2n) is 4.69. The molecule has 0 atom stereocenters. The first kappa shape index (κ1) is 13.9. The van der Waals surface area contributed by atoms with Crippen LogP contribution in [0.5, 0.6) is 0 Å². The van der Waals surface area contributed by atoms with Gasteiger partial charge in [0.1, 0.15) is 5.82 Å². The highest BCUT2D eigenvalue weighted by Crippen LogP contribution is 2.20. The highest BCUT2D eigenvalue weighted by atomic mass is 79.9. The van der Waals surface area contributed by atoms with Crippen molar-refractivity contribution < 1.29 is 4.39 Å². The van der Waals surface area contributed by atoms with E-state index in [-0.39, 0.29) is 5.82 Å². The summed E-state index contributed by atoms with van der Waals surface area (Å²) in [6.07, 6.45) is 0. The molecule has 3 aromatic rings. The molecule has 0 aliphatic carbocycles. The first-order valence-corrected chi connectivity index (χ1v) is 7.20. The van der Waals surface area contributed by atoms with E-state index in [1.54, 1.807) is 6.07 Å². The van der Waals surface area contributed by atoms with Crippen LogP contribution in [0, 0.1) is 12.7 Å². The lowest BCUT2D eigenvalue weighted by molar-refractivity contribution is 0.569. The van der Waals surface area contributed by atoms with Crippen molar-refractivity contribution >= 4 is 15.9 Å². The number of aryl methyl sites for hydroxylation is 1. The average Bonchev–Trinajstić information content (AvgIpc) is 2.91. The lowest BCUT2D eigenvalue weighted by Crippen LogP contribution is -2.05. The highest BCUT2D eigenvalue weighted by Gasteiger charge is 2.09. The Morgan fingerprint density at radius 1 is 1.19 bits per heavy atom. The van der Waals surface area contributed by atoms with E-state index in [0.717, 1.165) is 16.7 Å². The smallest absolute Gasteiger partial charge is 0.205 e. The summed E-state index contributed by atoms with van der Waals surface area (Å²) in [6, 6.07) is 12.4. The van der Waals surface area contributed by atoms with Gasteiger partial charge in [0, 0.05) is 10.0 Å². The molecule has 0 aliphatic heterocycles. The van der Waals surface area contributed by atoms with Gasteiger partial charge in [0.2, 0.25) is 5.82 Å². The number of hydrogen-bond donors (Lipinski definition) is 0. The van der Waals surface area contributed by atoms with Crippen LogP contribution in [0.3, 0.4) is 0 Å². The summed E-state index contributed by atoms with van der Waals surface area (Å²) in [5.41, 5.74) is 2.95. The van der Waals surface area contributed by atoms with Gasteiger partial charge in [-0.1, -0.05) is 46.3 Å². The van der Waals surface area contributed by atoms with Crippen LogP contribution in [0.1, 0.15) is 11.1 Å². The van der Waals surface area contributed by atoms with Gasteiger partial charge in [0.15, 0.2) is 0 Å². The summed E-state index contributed by atoms with van der Waals surface area (Å²) < 4.78 is 13.8. The molecule has 0 fully saturated rings. The average molecular weight is 347 g/mol. The van der Waals surface area contributed by atoms with Crippen LogP contribution in [-0.2, 0) is 6.54 Å². The lowest BCUT2D eigenvalue weighted by Gasteiger charge is -2.03. The van der Waals surface area contributed by atoms with Crippen molar-refractivity contribution in [3.8, 4) is 11.4 Å². The third kappa shape index (κ3) is 3.00. The van der Waals surface area contributed by atoms with Crippen LogP contribution >= 0.6 is 15.9 Å². The van der Waals surface area contributed by atoms with E-state index in [1.807, 2.05) is 31.2 Å². The van der Waals surface area contributed by atoms with Gasteiger partial charge >= 0.3 is 0 Å². The van der Waals surface area contributed by atoms with E-state index in [2.05, 4.69) is 31.3 Å². The number of rotatable bonds is 3. The molecule has 1 heterocycles. The Bertz CT molecular complexity index is 785. The number of hydrogen-bond acceptors (Lipinski definition) is 3. The quantitative estimate of drug-likeness (QED) is 0.727. The largest absolute Gasteiger partial charge is 0.207 e. The van der Waals surface area contributed by atoms with Crippen molar-refractivity contribution in [2.45, 2.75) is 13.5 Å². The highest BCUT2D eigenvalue weighted by molar-refractivity contribution is 9.10. The molecule has 3 rings (SSSR count). The van der Waals surface area contributed by atoms with Crippen LogP contribution < -0.4 is 0 Å². The van der Waals surface area contributed by atoms with Crippen LogP contribution in [-0.4, -0.2) is 20.2 Å². The van der Waals surface area contributed by atoms with Gasteiger partial charge in [-0.2, -0.15) is 4.80 Å². The third-order valence-electron chi connectivity index (χ3n) is 3.17. The molecular formula is C15H12BrFN4. The molecule has 2 aromatic carbocycles. The van der Waals surface area contributed by atoms with Gasteiger partial charge in [-0.25, -0.2) is 4.39 Å². The Hall–Kier alpha value is -2.08. The van der Waals surface area contributed by atoms with Gasteiger partial charge in [0.05, 0.1) is 6.54 Å². The predicted octanol–water partition coefficient (Wildman–Crippen LogP) is 3.60. The first-order valence-electron chi connectivity index (χ1n) is 6.41. The minimum absolute atomic E-state index is 0.280. The summed E-state index contributed by atoms with van der Waals surface area (Å²) in [6.45, 7) is 2.44. The zero-order chi connectivity index (χ0) is 14.8. The zero-order valence-electron chi connectivity index (χ0n) is 11.3. The molecule has 0 spiro atoms. The van der Waals surface area contributed by atoms with E-state index >= 15 is 0 Å². The maximum atomic E-state index is 13.1. The summed E-state index contributed by atoms with van der Waals surface area (Å²) in [5, 5.41) is 12.5. The molecule has 106 valence electrons. The lowest BCUT2D eigenvalue weighted by atomic mass is 10.1. The number of nitrogens with zero attached hydrogens (tertiary/aromatic N) is 4. The number of benzene rings is 2. The van der Waals surface area contributed by atoms with E-state index in [1.165, 1.54) is 16.9 Å². The van der Waals surface area contributed by atoms with E-state index < -0.39 is 0 Å². The molecular weight excluding hydrogens is 335 g/mol. The molecule has 0 unspecified atom stereocenters. The second-order valence-corrected chi connectivity index (χ2v) is 5.55. The molecule has 0 saturated carbocycles. The standard InChI is InChI=1S/C15H12BrFN4/c1-10-4-2-3-5-13(10)15-18-20-21(19-15)9-11-6-7-12(17)8-14(11)16/h2-8H,9H2,1H3. The Kier molecular flexibility index (Phi) is 3.79. The molecule has 0 saturated heterocycles. The summed E-state index contributed by atoms with van der Waals surface area (Å²) in [5.74, 6) is 0.309. The van der Waals surface area contributed by atoms with Crippen LogP contribution in [0.2, 0.25) is 0 Å². The van der Waals surface area contributed by atoms with E-state index in [9.17, 15) is 4.39 Å². The van der Waals surface area contributed by atoms with Gasteiger partial charge < -0.3 is 0 Å². The van der Waals surface area contributed by atoms with Crippen molar-refractivity contribution in [1.29, 1.82) is 0 Å². The monoisotopic (exact) mass is 346 g/mol. The van der Waals surface area contributed by atoms with Gasteiger partial charge in [-0.3, -0.25) is 0 Å². The van der Waals surface area contributed by atoms with Gasteiger partial charge in [-0.05, 0) is 35.4 Å². The van der Waals surface area contributed by atoms with Crippen LogP contribution in [0.25, 0.3) is 11.4 Å². The molecule has 0 aliphatic rings. The summed E-state index contributed by atoms with van der Waals surface area (Å²) in [7, 11) is 0. The topological polar surface area (TPSA) is 43.6 Å². The van der Waals surface area contributed by atoms with Crippen molar-refractivity contribution in [3.05, 3.63) is 63.9 Å². The minimum atomic E-state index is -0.280. The second kappa shape index (κ2) is 5.73.